The number of isocyanates is 1. The zero-order valence-corrected chi connectivity index (χ0v) is 6.94. The first-order valence-corrected chi connectivity index (χ1v) is 3.74. The van der Waals surface area contributed by atoms with Crippen molar-refractivity contribution >= 4 is 23.2 Å². The van der Waals surface area contributed by atoms with Gasteiger partial charge in [-0.05, 0) is 24.6 Å². The van der Waals surface area contributed by atoms with Crippen molar-refractivity contribution in [3.05, 3.63) is 23.8 Å². The van der Waals surface area contributed by atoms with Gasteiger partial charge in [-0.3, -0.25) is 0 Å². The predicted molar refractivity (Wildman–Crippen MR) is 46.5 cm³/mol. The van der Waals surface area contributed by atoms with Gasteiger partial charge in [-0.2, -0.15) is 4.98 Å². The molecule has 0 saturated carbocycles. The molecule has 1 heterocycles. The summed E-state index contributed by atoms with van der Waals surface area (Å²) in [6.07, 6.45) is 1.38. The number of aromatic nitrogens is 1. The highest BCUT2D eigenvalue weighted by atomic mass is 16.4. The van der Waals surface area contributed by atoms with Gasteiger partial charge in [0.15, 0.2) is 5.58 Å². The lowest BCUT2D eigenvalue weighted by Gasteiger charge is -1.87. The van der Waals surface area contributed by atoms with Crippen LogP contribution in [-0.2, 0) is 4.79 Å². The van der Waals surface area contributed by atoms with E-state index in [4.69, 9.17) is 4.42 Å². The molecule has 0 aliphatic heterocycles. The van der Waals surface area contributed by atoms with E-state index in [9.17, 15) is 4.79 Å². The molecule has 0 N–H and O–H groups in total. The maximum absolute atomic E-state index is 9.93. The minimum atomic E-state index is 0.0515. The molecule has 0 saturated heterocycles. The summed E-state index contributed by atoms with van der Waals surface area (Å²) in [7, 11) is 0. The Bertz CT molecular complexity index is 495. The smallest absolute Gasteiger partial charge is 0.333 e. The van der Waals surface area contributed by atoms with Crippen molar-refractivity contribution in [2.75, 3.05) is 0 Å². The van der Waals surface area contributed by atoms with E-state index in [-0.39, 0.29) is 6.01 Å². The van der Waals surface area contributed by atoms with Crippen LogP contribution in [-0.4, -0.2) is 11.1 Å². The topological polar surface area (TPSA) is 55.5 Å². The van der Waals surface area contributed by atoms with Crippen LogP contribution in [0.2, 0.25) is 0 Å². The molecule has 64 valence electrons. The van der Waals surface area contributed by atoms with Crippen molar-refractivity contribution < 1.29 is 9.21 Å². The van der Waals surface area contributed by atoms with Crippen molar-refractivity contribution in [1.29, 1.82) is 0 Å². The molecule has 4 heteroatoms. The molecule has 0 amide bonds. The third-order valence-electron chi connectivity index (χ3n) is 1.67. The molecule has 0 radical (unpaired) electrons. The van der Waals surface area contributed by atoms with Crippen molar-refractivity contribution in [1.82, 2.24) is 4.98 Å². The first-order valence-electron chi connectivity index (χ1n) is 3.74. The first-order chi connectivity index (χ1) is 6.29. The fourth-order valence-electron chi connectivity index (χ4n) is 1.11. The van der Waals surface area contributed by atoms with Crippen LogP contribution in [0.25, 0.3) is 11.1 Å². The Morgan fingerprint density at radius 3 is 3.15 bits per heavy atom. The van der Waals surface area contributed by atoms with Gasteiger partial charge >= 0.3 is 6.01 Å². The highest BCUT2D eigenvalue weighted by Gasteiger charge is 2.03. The summed E-state index contributed by atoms with van der Waals surface area (Å²) in [6, 6.07) is 5.62. The van der Waals surface area contributed by atoms with Crippen LogP contribution in [0.1, 0.15) is 5.56 Å². The van der Waals surface area contributed by atoms with Gasteiger partial charge in [-0.1, -0.05) is 6.07 Å². The number of aliphatic imine (C=N–C) groups is 1. The molecule has 0 unspecified atom stereocenters. The van der Waals surface area contributed by atoms with E-state index >= 15 is 0 Å². The highest BCUT2D eigenvalue weighted by Crippen LogP contribution is 2.21. The van der Waals surface area contributed by atoms with Gasteiger partial charge in [-0.15, -0.1) is 4.99 Å². The molecule has 2 aromatic rings. The fraction of sp³-hybridized carbons (Fsp3) is 0.111. The van der Waals surface area contributed by atoms with Crippen molar-refractivity contribution in [3.8, 4) is 0 Å². The standard InChI is InChI=1S/C9H6N2O2/c1-6-2-3-7-8(4-6)13-9(11-7)10-5-12/h2-4H,1H3. The number of benzene rings is 1. The Morgan fingerprint density at radius 2 is 2.38 bits per heavy atom. The number of oxazole rings is 1. The van der Waals surface area contributed by atoms with E-state index in [1.807, 2.05) is 25.1 Å². The second kappa shape index (κ2) is 2.84. The Kier molecular flexibility index (Phi) is 1.69. The van der Waals surface area contributed by atoms with Crippen LogP contribution < -0.4 is 0 Å². The Balaban J connectivity index is 2.68. The summed E-state index contributed by atoms with van der Waals surface area (Å²) in [5, 5.41) is 0. The van der Waals surface area contributed by atoms with Crippen LogP contribution in [0, 0.1) is 6.92 Å². The van der Waals surface area contributed by atoms with Gasteiger partial charge in [0.05, 0.1) is 0 Å². The van der Waals surface area contributed by atoms with E-state index in [0.717, 1.165) is 5.56 Å². The monoisotopic (exact) mass is 174 g/mol. The number of nitrogens with zero attached hydrogens (tertiary/aromatic N) is 2. The number of hydrogen-bond donors (Lipinski definition) is 0. The molecule has 13 heavy (non-hydrogen) atoms. The lowest BCUT2D eigenvalue weighted by Crippen LogP contribution is -1.70. The molecule has 0 aliphatic carbocycles. The molecule has 0 fully saturated rings. The quantitative estimate of drug-likeness (QED) is 0.491. The summed E-state index contributed by atoms with van der Waals surface area (Å²) in [5.74, 6) is 0. The zero-order valence-electron chi connectivity index (χ0n) is 6.94. The van der Waals surface area contributed by atoms with Crippen LogP contribution in [0.4, 0.5) is 6.01 Å². The average Bonchev–Trinajstić information content (AvgIpc) is 2.46. The summed E-state index contributed by atoms with van der Waals surface area (Å²) in [4.78, 5) is 17.2. The molecular formula is C9H6N2O2. The molecule has 0 spiro atoms. The average molecular weight is 174 g/mol. The van der Waals surface area contributed by atoms with Gasteiger partial charge in [-0.25, -0.2) is 4.79 Å². The van der Waals surface area contributed by atoms with Crippen LogP contribution in [0.15, 0.2) is 27.6 Å². The number of rotatable bonds is 1. The lowest BCUT2D eigenvalue weighted by atomic mass is 10.2. The summed E-state index contributed by atoms with van der Waals surface area (Å²) in [5.41, 5.74) is 2.40. The molecule has 4 nitrogen and oxygen atoms in total. The van der Waals surface area contributed by atoms with Gasteiger partial charge in [0.1, 0.15) is 5.52 Å². The molecule has 1 aromatic carbocycles. The maximum atomic E-state index is 9.93. The molecule has 0 aliphatic rings. The second-order valence-corrected chi connectivity index (χ2v) is 2.67. The third-order valence-corrected chi connectivity index (χ3v) is 1.67. The number of fused-ring (bicyclic) bond motifs is 1. The van der Waals surface area contributed by atoms with E-state index < -0.39 is 0 Å². The normalized spacial score (nSPS) is 9.92. The fourth-order valence-corrected chi connectivity index (χ4v) is 1.11. The van der Waals surface area contributed by atoms with Gasteiger partial charge in [0, 0.05) is 0 Å². The first kappa shape index (κ1) is 7.71. The summed E-state index contributed by atoms with van der Waals surface area (Å²) >= 11 is 0. The summed E-state index contributed by atoms with van der Waals surface area (Å²) < 4.78 is 5.15. The number of hydrogen-bond acceptors (Lipinski definition) is 4. The van der Waals surface area contributed by atoms with Gasteiger partial charge in [0.25, 0.3) is 0 Å². The Morgan fingerprint density at radius 1 is 1.54 bits per heavy atom. The van der Waals surface area contributed by atoms with E-state index in [0.29, 0.717) is 11.1 Å². The third kappa shape index (κ3) is 1.35. The Labute approximate surface area is 73.9 Å². The van der Waals surface area contributed by atoms with Crippen LogP contribution >= 0.6 is 0 Å². The maximum Gasteiger partial charge on any atom is 0.333 e. The van der Waals surface area contributed by atoms with E-state index in [2.05, 4.69) is 9.98 Å². The zero-order chi connectivity index (χ0) is 9.26. The van der Waals surface area contributed by atoms with E-state index in [1.165, 1.54) is 6.08 Å². The molecule has 2 rings (SSSR count). The van der Waals surface area contributed by atoms with Crippen LogP contribution in [0.3, 0.4) is 0 Å². The molecule has 0 bridgehead atoms. The number of aryl methyl sites for hydroxylation is 1. The van der Waals surface area contributed by atoms with Crippen LogP contribution in [0.5, 0.6) is 0 Å². The van der Waals surface area contributed by atoms with Gasteiger partial charge in [0.2, 0.25) is 6.08 Å². The highest BCUT2D eigenvalue weighted by molar-refractivity contribution is 5.74. The summed E-state index contributed by atoms with van der Waals surface area (Å²) in [6.45, 7) is 1.95. The Hall–Kier alpha value is -1.93. The van der Waals surface area contributed by atoms with Crippen molar-refractivity contribution in [2.24, 2.45) is 4.99 Å². The van der Waals surface area contributed by atoms with Gasteiger partial charge < -0.3 is 4.42 Å². The minimum absolute atomic E-state index is 0.0515. The molecule has 0 atom stereocenters. The number of carbonyl (C=O) groups excluding carboxylic acids is 1. The molecular weight excluding hydrogens is 168 g/mol. The van der Waals surface area contributed by atoms with Crippen molar-refractivity contribution in [3.63, 3.8) is 0 Å². The largest absolute Gasteiger partial charge is 0.421 e. The minimum Gasteiger partial charge on any atom is -0.421 e. The lowest BCUT2D eigenvalue weighted by molar-refractivity contribution is 0.560. The molecule has 1 aromatic heterocycles. The SMILES string of the molecule is Cc1ccc2nc(N=C=O)oc2c1. The van der Waals surface area contributed by atoms with E-state index in [1.54, 1.807) is 0 Å². The second-order valence-electron chi connectivity index (χ2n) is 2.67. The van der Waals surface area contributed by atoms with Crippen molar-refractivity contribution in [2.45, 2.75) is 6.92 Å². The predicted octanol–water partition coefficient (Wildman–Crippen LogP) is 2.10.